The zero-order chi connectivity index (χ0) is 22.7. The Bertz CT molecular complexity index is 1270. The second-order valence-electron chi connectivity index (χ2n) is 6.88. The highest BCUT2D eigenvalue weighted by atomic mass is 35.5. The van der Waals surface area contributed by atoms with Crippen LogP contribution in [0.1, 0.15) is 27.4 Å². The number of carbonyl (C=O) groups excluding carboxylic acids is 1. The van der Waals surface area contributed by atoms with Crippen LogP contribution >= 0.6 is 34.8 Å². The minimum absolute atomic E-state index is 0.0765. The number of nitrogens with one attached hydrogen (secondary N) is 1. The standard InChI is InChI=1S/C22H17Cl3N4O3/c1-13-17(12-31-16-7-4-6-15(23)9-16)20(28-32-13)22(30)26-21-19(25)11-29(27-21)10-14-5-2-3-8-18(14)24/h2-9,11H,10,12H2,1H3,(H,26,27,30). The van der Waals surface area contributed by atoms with Crippen molar-refractivity contribution in [3.63, 3.8) is 0 Å². The monoisotopic (exact) mass is 490 g/mol. The highest BCUT2D eigenvalue weighted by Gasteiger charge is 2.22. The molecule has 0 saturated carbocycles. The molecule has 32 heavy (non-hydrogen) atoms. The second kappa shape index (κ2) is 9.65. The largest absolute Gasteiger partial charge is 0.489 e. The number of aryl methyl sites for hydroxylation is 1. The van der Waals surface area contributed by atoms with Crippen LogP contribution in [0.2, 0.25) is 15.1 Å². The number of hydrogen-bond acceptors (Lipinski definition) is 5. The molecule has 0 bridgehead atoms. The summed E-state index contributed by atoms with van der Waals surface area (Å²) in [6, 6.07) is 14.4. The third kappa shape index (κ3) is 5.07. The van der Waals surface area contributed by atoms with Crippen molar-refractivity contribution >= 4 is 46.5 Å². The van der Waals surface area contributed by atoms with Crippen LogP contribution in [0.3, 0.4) is 0 Å². The van der Waals surface area contributed by atoms with Gasteiger partial charge in [-0.3, -0.25) is 9.48 Å². The number of carbonyl (C=O) groups is 1. The van der Waals surface area contributed by atoms with E-state index in [1.54, 1.807) is 48.1 Å². The van der Waals surface area contributed by atoms with Gasteiger partial charge in [0.05, 0.1) is 12.1 Å². The molecular formula is C22H17Cl3N4O3. The third-order valence-corrected chi connectivity index (χ3v) is 5.50. The van der Waals surface area contributed by atoms with Crippen molar-refractivity contribution in [1.29, 1.82) is 0 Å². The number of aromatic nitrogens is 3. The number of benzene rings is 2. The van der Waals surface area contributed by atoms with Gasteiger partial charge < -0.3 is 14.6 Å². The molecule has 0 fully saturated rings. The summed E-state index contributed by atoms with van der Waals surface area (Å²) < 4.78 is 12.5. The van der Waals surface area contributed by atoms with Gasteiger partial charge in [-0.05, 0) is 36.8 Å². The first-order valence-electron chi connectivity index (χ1n) is 9.52. The SMILES string of the molecule is Cc1onc(C(=O)Nc2nn(Cc3ccccc3Cl)cc2Cl)c1COc1cccc(Cl)c1. The molecule has 0 saturated heterocycles. The zero-order valence-electron chi connectivity index (χ0n) is 16.8. The first kappa shape index (κ1) is 22.2. The van der Waals surface area contributed by atoms with Crippen molar-refractivity contribution in [3.05, 3.63) is 92.4 Å². The van der Waals surface area contributed by atoms with Gasteiger partial charge in [0, 0.05) is 16.2 Å². The Labute approximate surface area is 198 Å². The number of anilines is 1. The summed E-state index contributed by atoms with van der Waals surface area (Å²) in [5.41, 5.74) is 1.47. The van der Waals surface area contributed by atoms with Crippen LogP contribution in [-0.4, -0.2) is 20.8 Å². The van der Waals surface area contributed by atoms with Crippen molar-refractivity contribution in [3.8, 4) is 5.75 Å². The van der Waals surface area contributed by atoms with Gasteiger partial charge in [-0.1, -0.05) is 64.2 Å². The molecule has 4 aromatic rings. The fraction of sp³-hybridized carbons (Fsp3) is 0.136. The molecule has 164 valence electrons. The van der Waals surface area contributed by atoms with Crippen molar-refractivity contribution in [2.24, 2.45) is 0 Å². The first-order valence-corrected chi connectivity index (χ1v) is 10.7. The van der Waals surface area contributed by atoms with E-state index in [9.17, 15) is 4.79 Å². The van der Waals surface area contributed by atoms with E-state index in [0.717, 1.165) is 5.56 Å². The lowest BCUT2D eigenvalue weighted by Gasteiger charge is -2.07. The molecule has 2 heterocycles. The molecule has 1 amide bonds. The van der Waals surface area contributed by atoms with Crippen LogP contribution < -0.4 is 10.1 Å². The van der Waals surface area contributed by atoms with E-state index in [1.807, 2.05) is 18.2 Å². The van der Waals surface area contributed by atoms with Gasteiger partial charge in [0.2, 0.25) is 0 Å². The van der Waals surface area contributed by atoms with Crippen molar-refractivity contribution in [1.82, 2.24) is 14.9 Å². The normalized spacial score (nSPS) is 10.9. The average molecular weight is 492 g/mol. The maximum absolute atomic E-state index is 12.8. The first-order chi connectivity index (χ1) is 15.4. The lowest BCUT2D eigenvalue weighted by molar-refractivity contribution is 0.101. The van der Waals surface area contributed by atoms with E-state index in [-0.39, 0.29) is 23.1 Å². The van der Waals surface area contributed by atoms with Crippen LogP contribution in [0.5, 0.6) is 5.75 Å². The van der Waals surface area contributed by atoms with Gasteiger partial charge in [-0.15, -0.1) is 0 Å². The molecule has 0 atom stereocenters. The minimum atomic E-state index is -0.517. The Hall–Kier alpha value is -3.00. The number of nitrogens with zero attached hydrogens (tertiary/aromatic N) is 3. The molecule has 0 aliphatic heterocycles. The number of hydrogen-bond donors (Lipinski definition) is 1. The van der Waals surface area contributed by atoms with Crippen molar-refractivity contribution in [2.45, 2.75) is 20.1 Å². The molecule has 0 spiro atoms. The minimum Gasteiger partial charge on any atom is -0.489 e. The topological polar surface area (TPSA) is 82.2 Å². The third-order valence-electron chi connectivity index (χ3n) is 4.62. The summed E-state index contributed by atoms with van der Waals surface area (Å²) in [5, 5.41) is 12.3. The fourth-order valence-corrected chi connectivity index (χ4v) is 3.56. The molecule has 2 aromatic heterocycles. The van der Waals surface area contributed by atoms with Gasteiger partial charge in [0.1, 0.15) is 23.1 Å². The number of ether oxygens (including phenoxy) is 1. The molecule has 4 rings (SSSR count). The van der Waals surface area contributed by atoms with Crippen LogP contribution in [-0.2, 0) is 13.2 Å². The van der Waals surface area contributed by atoms with Gasteiger partial charge in [-0.25, -0.2) is 0 Å². The predicted octanol–water partition coefficient (Wildman–Crippen LogP) is 6.02. The van der Waals surface area contributed by atoms with Crippen molar-refractivity contribution in [2.75, 3.05) is 5.32 Å². The molecule has 10 heteroatoms. The molecular weight excluding hydrogens is 475 g/mol. The Morgan fingerprint density at radius 3 is 2.72 bits per heavy atom. The maximum atomic E-state index is 12.8. The molecule has 7 nitrogen and oxygen atoms in total. The molecule has 0 aliphatic carbocycles. The number of rotatable bonds is 7. The summed E-state index contributed by atoms with van der Waals surface area (Å²) in [7, 11) is 0. The summed E-state index contributed by atoms with van der Waals surface area (Å²) in [6.07, 6.45) is 1.61. The molecule has 0 aliphatic rings. The van der Waals surface area contributed by atoms with Crippen LogP contribution in [0.4, 0.5) is 5.82 Å². The van der Waals surface area contributed by atoms with E-state index in [0.29, 0.717) is 33.7 Å². The van der Waals surface area contributed by atoms with Crippen LogP contribution in [0, 0.1) is 6.92 Å². The van der Waals surface area contributed by atoms with E-state index in [2.05, 4.69) is 15.6 Å². The van der Waals surface area contributed by atoms with Crippen LogP contribution in [0.25, 0.3) is 0 Å². The number of amides is 1. The Kier molecular flexibility index (Phi) is 6.69. The Morgan fingerprint density at radius 2 is 1.94 bits per heavy atom. The van der Waals surface area contributed by atoms with E-state index in [4.69, 9.17) is 44.1 Å². The van der Waals surface area contributed by atoms with Gasteiger partial charge >= 0.3 is 0 Å². The molecule has 1 N–H and O–H groups in total. The lowest BCUT2D eigenvalue weighted by atomic mass is 10.2. The van der Waals surface area contributed by atoms with Crippen molar-refractivity contribution < 1.29 is 14.1 Å². The van der Waals surface area contributed by atoms with E-state index < -0.39 is 5.91 Å². The highest BCUT2D eigenvalue weighted by molar-refractivity contribution is 6.33. The Balaban J connectivity index is 1.48. The predicted molar refractivity (Wildman–Crippen MR) is 123 cm³/mol. The highest BCUT2D eigenvalue weighted by Crippen LogP contribution is 2.24. The van der Waals surface area contributed by atoms with Gasteiger partial charge in [-0.2, -0.15) is 5.10 Å². The van der Waals surface area contributed by atoms with Gasteiger partial charge in [0.15, 0.2) is 11.5 Å². The average Bonchev–Trinajstić information content (AvgIpc) is 3.30. The summed E-state index contributed by atoms with van der Waals surface area (Å²) in [4.78, 5) is 12.8. The number of halogens is 3. The molecule has 2 aromatic carbocycles. The fourth-order valence-electron chi connectivity index (χ4n) is 2.98. The zero-order valence-corrected chi connectivity index (χ0v) is 19.1. The molecule has 0 unspecified atom stereocenters. The van der Waals surface area contributed by atoms with E-state index in [1.165, 1.54) is 0 Å². The lowest BCUT2D eigenvalue weighted by Crippen LogP contribution is -2.16. The van der Waals surface area contributed by atoms with Gasteiger partial charge in [0.25, 0.3) is 5.91 Å². The second-order valence-corrected chi connectivity index (χ2v) is 8.13. The summed E-state index contributed by atoms with van der Waals surface area (Å²) in [5.74, 6) is 0.709. The van der Waals surface area contributed by atoms with E-state index >= 15 is 0 Å². The molecule has 0 radical (unpaired) electrons. The maximum Gasteiger partial charge on any atom is 0.279 e. The quantitative estimate of drug-likeness (QED) is 0.342. The smallest absolute Gasteiger partial charge is 0.279 e. The Morgan fingerprint density at radius 1 is 1.12 bits per heavy atom. The summed E-state index contributed by atoms with van der Waals surface area (Å²) in [6.45, 7) is 2.18. The van der Waals surface area contributed by atoms with Crippen LogP contribution in [0.15, 0.2) is 59.3 Å². The summed E-state index contributed by atoms with van der Waals surface area (Å²) >= 11 is 18.5.